The van der Waals surface area contributed by atoms with Crippen molar-refractivity contribution < 1.29 is 19.1 Å². The number of halogens is 1. The summed E-state index contributed by atoms with van der Waals surface area (Å²) in [6, 6.07) is 5.74. The summed E-state index contributed by atoms with van der Waals surface area (Å²) in [5.41, 5.74) is 0.796. The van der Waals surface area contributed by atoms with Crippen LogP contribution < -0.4 is 10.1 Å². The molecule has 1 amide bonds. The van der Waals surface area contributed by atoms with Crippen LogP contribution in [0.2, 0.25) is 0 Å². The first-order valence-electron chi connectivity index (χ1n) is 7.26. The van der Waals surface area contributed by atoms with Crippen molar-refractivity contribution in [2.24, 2.45) is 7.05 Å². The molecule has 24 heavy (non-hydrogen) atoms. The van der Waals surface area contributed by atoms with Gasteiger partial charge in [-0.1, -0.05) is 6.07 Å². The Morgan fingerprint density at radius 1 is 1.38 bits per heavy atom. The Labute approximate surface area is 148 Å². The zero-order valence-corrected chi connectivity index (χ0v) is 15.2. The SMILES string of the molecule is CCOC(=O)C(NC(=O)c1ccn(C)n1)c1ccc(OC)c(Br)c1. The van der Waals surface area contributed by atoms with Crippen molar-refractivity contribution in [2.75, 3.05) is 13.7 Å². The number of hydrogen-bond acceptors (Lipinski definition) is 5. The molecule has 2 aromatic rings. The van der Waals surface area contributed by atoms with Gasteiger partial charge in [0, 0.05) is 13.2 Å². The van der Waals surface area contributed by atoms with Gasteiger partial charge in [0.05, 0.1) is 18.2 Å². The molecule has 1 unspecified atom stereocenters. The van der Waals surface area contributed by atoms with Crippen LogP contribution in [0.3, 0.4) is 0 Å². The summed E-state index contributed by atoms with van der Waals surface area (Å²) in [6.07, 6.45) is 1.65. The standard InChI is InChI=1S/C16H18BrN3O4/c1-4-24-16(22)14(10-5-6-13(23-3)11(17)9-10)18-15(21)12-7-8-20(2)19-12/h5-9,14H,4H2,1-3H3,(H,18,21). The van der Waals surface area contributed by atoms with Crippen molar-refractivity contribution in [3.05, 3.63) is 46.2 Å². The zero-order chi connectivity index (χ0) is 17.7. The second kappa shape index (κ2) is 7.96. The summed E-state index contributed by atoms with van der Waals surface area (Å²) in [5, 5.41) is 6.69. The minimum absolute atomic E-state index is 0.214. The smallest absolute Gasteiger partial charge is 0.333 e. The lowest BCUT2D eigenvalue weighted by Gasteiger charge is -2.18. The van der Waals surface area contributed by atoms with Gasteiger partial charge >= 0.3 is 5.97 Å². The normalized spacial score (nSPS) is 11.7. The third-order valence-electron chi connectivity index (χ3n) is 3.25. The fraction of sp³-hybridized carbons (Fsp3) is 0.312. The van der Waals surface area contributed by atoms with Gasteiger partial charge in [0.25, 0.3) is 5.91 Å². The Balaban J connectivity index is 2.29. The minimum atomic E-state index is -0.943. The Hall–Kier alpha value is -2.35. The molecule has 0 aliphatic carbocycles. The number of methoxy groups -OCH3 is 1. The van der Waals surface area contributed by atoms with Gasteiger partial charge < -0.3 is 14.8 Å². The lowest BCUT2D eigenvalue weighted by molar-refractivity contribution is -0.145. The van der Waals surface area contributed by atoms with Crippen molar-refractivity contribution in [3.63, 3.8) is 0 Å². The maximum Gasteiger partial charge on any atom is 0.333 e. The molecule has 0 aliphatic rings. The van der Waals surface area contributed by atoms with E-state index in [0.717, 1.165) is 0 Å². The maximum absolute atomic E-state index is 12.3. The molecule has 128 valence electrons. The van der Waals surface area contributed by atoms with Crippen LogP contribution in [-0.2, 0) is 16.6 Å². The Morgan fingerprint density at radius 3 is 2.67 bits per heavy atom. The van der Waals surface area contributed by atoms with Gasteiger partial charge in [0.15, 0.2) is 6.04 Å². The van der Waals surface area contributed by atoms with E-state index in [2.05, 4.69) is 26.3 Å². The van der Waals surface area contributed by atoms with Crippen molar-refractivity contribution in [2.45, 2.75) is 13.0 Å². The molecular weight excluding hydrogens is 378 g/mol. The lowest BCUT2D eigenvalue weighted by Crippen LogP contribution is -2.35. The zero-order valence-electron chi connectivity index (χ0n) is 13.6. The van der Waals surface area contributed by atoms with Crippen LogP contribution in [0.1, 0.15) is 29.0 Å². The van der Waals surface area contributed by atoms with Crippen LogP contribution in [-0.4, -0.2) is 35.4 Å². The van der Waals surface area contributed by atoms with Gasteiger partial charge in [0.2, 0.25) is 0 Å². The minimum Gasteiger partial charge on any atom is -0.496 e. The van der Waals surface area contributed by atoms with Crippen LogP contribution in [0.15, 0.2) is 34.9 Å². The molecule has 8 heteroatoms. The fourth-order valence-corrected chi connectivity index (χ4v) is 2.67. The highest BCUT2D eigenvalue weighted by Crippen LogP contribution is 2.28. The molecule has 0 aliphatic heterocycles. The van der Waals surface area contributed by atoms with Gasteiger partial charge in [0.1, 0.15) is 11.4 Å². The summed E-state index contributed by atoms with van der Waals surface area (Å²) < 4.78 is 12.4. The van der Waals surface area contributed by atoms with E-state index in [1.807, 2.05) is 0 Å². The number of amides is 1. The average molecular weight is 396 g/mol. The third-order valence-corrected chi connectivity index (χ3v) is 3.87. The van der Waals surface area contributed by atoms with Crippen LogP contribution in [0.5, 0.6) is 5.75 Å². The second-order valence-electron chi connectivity index (χ2n) is 4.93. The topological polar surface area (TPSA) is 82.5 Å². The van der Waals surface area contributed by atoms with E-state index in [-0.39, 0.29) is 12.3 Å². The Bertz CT molecular complexity index is 745. The number of hydrogen-bond donors (Lipinski definition) is 1. The molecule has 0 spiro atoms. The number of rotatable bonds is 6. The predicted molar refractivity (Wildman–Crippen MR) is 90.7 cm³/mol. The van der Waals surface area contributed by atoms with Crippen molar-refractivity contribution in [3.8, 4) is 5.75 Å². The second-order valence-corrected chi connectivity index (χ2v) is 5.78. The number of nitrogens with zero attached hydrogens (tertiary/aromatic N) is 2. The van der Waals surface area contributed by atoms with Crippen molar-refractivity contribution in [1.29, 1.82) is 0 Å². The van der Waals surface area contributed by atoms with E-state index >= 15 is 0 Å². The van der Waals surface area contributed by atoms with Gasteiger partial charge in [-0.3, -0.25) is 9.48 Å². The van der Waals surface area contributed by atoms with E-state index in [0.29, 0.717) is 15.8 Å². The molecule has 1 N–H and O–H groups in total. The number of ether oxygens (including phenoxy) is 2. The van der Waals surface area contributed by atoms with E-state index in [1.54, 1.807) is 51.5 Å². The highest BCUT2D eigenvalue weighted by molar-refractivity contribution is 9.10. The van der Waals surface area contributed by atoms with Crippen molar-refractivity contribution in [1.82, 2.24) is 15.1 Å². The quantitative estimate of drug-likeness (QED) is 0.758. The highest BCUT2D eigenvalue weighted by Gasteiger charge is 2.26. The highest BCUT2D eigenvalue weighted by atomic mass is 79.9. The molecule has 7 nitrogen and oxygen atoms in total. The van der Waals surface area contributed by atoms with E-state index in [9.17, 15) is 9.59 Å². The number of carbonyl (C=O) groups excluding carboxylic acids is 2. The first-order valence-corrected chi connectivity index (χ1v) is 8.06. The molecular formula is C16H18BrN3O4. The third kappa shape index (κ3) is 4.14. The Morgan fingerprint density at radius 2 is 2.12 bits per heavy atom. The first kappa shape index (κ1) is 18.0. The molecule has 1 atom stereocenters. The van der Waals surface area contributed by atoms with Gasteiger partial charge in [-0.25, -0.2) is 4.79 Å². The number of carbonyl (C=O) groups is 2. The summed E-state index contributed by atoms with van der Waals surface area (Å²) >= 11 is 3.37. The molecule has 1 heterocycles. The monoisotopic (exact) mass is 395 g/mol. The number of nitrogens with one attached hydrogen (secondary N) is 1. The van der Waals surface area contributed by atoms with E-state index in [4.69, 9.17) is 9.47 Å². The average Bonchev–Trinajstić information content (AvgIpc) is 2.99. The predicted octanol–water partition coefficient (Wildman–Crippen LogP) is 2.23. The first-order chi connectivity index (χ1) is 11.5. The molecule has 0 saturated heterocycles. The summed E-state index contributed by atoms with van der Waals surface area (Å²) in [5.74, 6) is -0.378. The summed E-state index contributed by atoms with van der Waals surface area (Å²) in [6.45, 7) is 1.92. The largest absolute Gasteiger partial charge is 0.496 e. The van der Waals surface area contributed by atoms with E-state index in [1.165, 1.54) is 4.68 Å². The molecule has 0 fully saturated rings. The molecule has 2 rings (SSSR count). The van der Waals surface area contributed by atoms with Gasteiger partial charge in [-0.15, -0.1) is 0 Å². The summed E-state index contributed by atoms with van der Waals surface area (Å²) in [7, 11) is 3.26. The van der Waals surface area contributed by atoms with Crippen LogP contribution in [0.25, 0.3) is 0 Å². The van der Waals surface area contributed by atoms with Gasteiger partial charge in [-0.2, -0.15) is 5.10 Å². The number of esters is 1. The van der Waals surface area contributed by atoms with Crippen LogP contribution in [0.4, 0.5) is 0 Å². The fourth-order valence-electron chi connectivity index (χ4n) is 2.11. The molecule has 1 aromatic carbocycles. The van der Waals surface area contributed by atoms with Crippen LogP contribution in [0, 0.1) is 0 Å². The van der Waals surface area contributed by atoms with Crippen molar-refractivity contribution >= 4 is 27.8 Å². The number of aryl methyl sites for hydroxylation is 1. The molecule has 0 saturated carbocycles. The molecule has 1 aromatic heterocycles. The maximum atomic E-state index is 12.3. The summed E-state index contributed by atoms with van der Waals surface area (Å²) in [4.78, 5) is 24.6. The molecule has 0 bridgehead atoms. The number of benzene rings is 1. The number of aromatic nitrogens is 2. The molecule has 0 radical (unpaired) electrons. The van der Waals surface area contributed by atoms with Gasteiger partial charge in [-0.05, 0) is 46.6 Å². The Kier molecular flexibility index (Phi) is 5.97. The van der Waals surface area contributed by atoms with Crippen LogP contribution >= 0.6 is 15.9 Å². The lowest BCUT2D eigenvalue weighted by atomic mass is 10.1. The van der Waals surface area contributed by atoms with E-state index < -0.39 is 17.9 Å².